The van der Waals surface area contributed by atoms with E-state index in [9.17, 15) is 0 Å². The molecule has 1 N–H and O–H groups in total. The molecule has 2 heterocycles. The molecule has 0 saturated carbocycles. The van der Waals surface area contributed by atoms with Crippen LogP contribution in [0.15, 0.2) is 41.1 Å². The Morgan fingerprint density at radius 2 is 2.20 bits per heavy atom. The lowest BCUT2D eigenvalue weighted by Gasteiger charge is -2.34. The molecule has 2 aromatic rings. The third-order valence-electron chi connectivity index (χ3n) is 3.91. The van der Waals surface area contributed by atoms with E-state index in [2.05, 4.69) is 54.2 Å². The molecule has 0 saturated heterocycles. The lowest BCUT2D eigenvalue weighted by atomic mass is 9.91. The maximum Gasteiger partial charge on any atom is 0.124 e. The molecule has 1 aromatic carbocycles. The van der Waals surface area contributed by atoms with Crippen molar-refractivity contribution in [2.45, 2.75) is 32.4 Å². The van der Waals surface area contributed by atoms with Gasteiger partial charge in [-0.05, 0) is 41.8 Å². The van der Waals surface area contributed by atoms with Crippen LogP contribution in [0, 0.1) is 5.92 Å². The van der Waals surface area contributed by atoms with Gasteiger partial charge < -0.3 is 10.1 Å². The van der Waals surface area contributed by atoms with Gasteiger partial charge in [-0.15, -0.1) is 0 Å². The molecule has 0 bridgehead atoms. The molecular weight excluding hydrogens is 266 g/mol. The van der Waals surface area contributed by atoms with Crippen LogP contribution < -0.4 is 10.1 Å². The van der Waals surface area contributed by atoms with Crippen LogP contribution in [-0.4, -0.2) is 12.6 Å². The molecule has 0 aliphatic carbocycles. The van der Waals surface area contributed by atoms with Gasteiger partial charge in [-0.3, -0.25) is 0 Å². The van der Waals surface area contributed by atoms with Crippen molar-refractivity contribution in [3.63, 3.8) is 0 Å². The van der Waals surface area contributed by atoms with E-state index >= 15 is 0 Å². The average Bonchev–Trinajstić information content (AvgIpc) is 2.95. The number of para-hydroxylation sites is 1. The molecule has 106 valence electrons. The third-order valence-corrected chi connectivity index (χ3v) is 4.64. The largest absolute Gasteiger partial charge is 0.493 e. The fraction of sp³-hybridized carbons (Fsp3) is 0.412. The predicted molar refractivity (Wildman–Crippen MR) is 84.5 cm³/mol. The first kappa shape index (κ1) is 13.7. The van der Waals surface area contributed by atoms with Gasteiger partial charge in [-0.2, -0.15) is 11.3 Å². The molecule has 1 aliphatic rings. The van der Waals surface area contributed by atoms with Crippen LogP contribution in [0.25, 0.3) is 0 Å². The molecular formula is C17H21NOS. The number of nitrogens with one attached hydrogen (secondary N) is 1. The smallest absolute Gasteiger partial charge is 0.124 e. The monoisotopic (exact) mass is 287 g/mol. The van der Waals surface area contributed by atoms with Crippen molar-refractivity contribution in [1.82, 2.24) is 5.32 Å². The molecule has 3 heteroatoms. The summed E-state index contributed by atoms with van der Waals surface area (Å²) >= 11 is 1.77. The van der Waals surface area contributed by atoms with Crippen LogP contribution in [0.4, 0.5) is 0 Å². The van der Waals surface area contributed by atoms with Crippen LogP contribution in [0.2, 0.25) is 0 Å². The lowest BCUT2D eigenvalue weighted by Crippen LogP contribution is -2.39. The van der Waals surface area contributed by atoms with Crippen molar-refractivity contribution in [3.05, 3.63) is 52.2 Å². The second kappa shape index (κ2) is 5.98. The van der Waals surface area contributed by atoms with Gasteiger partial charge in [-0.25, -0.2) is 0 Å². The van der Waals surface area contributed by atoms with Gasteiger partial charge in [-0.1, -0.05) is 25.1 Å². The number of rotatable bonds is 4. The molecule has 0 radical (unpaired) electrons. The first-order valence-electron chi connectivity index (χ1n) is 7.23. The van der Waals surface area contributed by atoms with E-state index in [-0.39, 0.29) is 0 Å². The summed E-state index contributed by atoms with van der Waals surface area (Å²) in [5, 5.41) is 8.17. The summed E-state index contributed by atoms with van der Waals surface area (Å²) < 4.78 is 5.82. The summed E-state index contributed by atoms with van der Waals surface area (Å²) in [4.78, 5) is 0. The highest BCUT2D eigenvalue weighted by atomic mass is 32.1. The van der Waals surface area contributed by atoms with Crippen molar-refractivity contribution < 1.29 is 4.74 Å². The van der Waals surface area contributed by atoms with Gasteiger partial charge >= 0.3 is 0 Å². The molecule has 0 spiro atoms. The van der Waals surface area contributed by atoms with E-state index in [0.717, 1.165) is 18.8 Å². The van der Waals surface area contributed by atoms with Gasteiger partial charge in [0.15, 0.2) is 0 Å². The van der Waals surface area contributed by atoms with E-state index in [0.29, 0.717) is 18.0 Å². The van der Waals surface area contributed by atoms with E-state index in [4.69, 9.17) is 4.74 Å². The molecule has 3 rings (SSSR count). The Morgan fingerprint density at radius 3 is 3.00 bits per heavy atom. The van der Waals surface area contributed by atoms with Gasteiger partial charge in [0.1, 0.15) is 5.75 Å². The summed E-state index contributed by atoms with van der Waals surface area (Å²) in [6.45, 7) is 5.31. The second-order valence-electron chi connectivity index (χ2n) is 5.71. The van der Waals surface area contributed by atoms with Crippen LogP contribution in [0.3, 0.4) is 0 Å². The van der Waals surface area contributed by atoms with Crippen LogP contribution in [0.1, 0.15) is 31.0 Å². The van der Waals surface area contributed by atoms with Crippen molar-refractivity contribution in [2.75, 3.05) is 6.61 Å². The minimum Gasteiger partial charge on any atom is -0.493 e. The Bertz CT molecular complexity index is 552. The van der Waals surface area contributed by atoms with Crippen LogP contribution >= 0.6 is 11.3 Å². The highest BCUT2D eigenvalue weighted by molar-refractivity contribution is 7.07. The highest BCUT2D eigenvalue weighted by Crippen LogP contribution is 2.35. The topological polar surface area (TPSA) is 21.3 Å². The van der Waals surface area contributed by atoms with Gasteiger partial charge in [0.05, 0.1) is 6.61 Å². The van der Waals surface area contributed by atoms with Crippen LogP contribution in [0.5, 0.6) is 5.75 Å². The zero-order valence-corrected chi connectivity index (χ0v) is 12.8. The SMILES string of the molecule is CC(Cc1ccsc1)NC1c2ccccc2OCC1C. The quantitative estimate of drug-likeness (QED) is 0.916. The summed E-state index contributed by atoms with van der Waals surface area (Å²) in [7, 11) is 0. The summed E-state index contributed by atoms with van der Waals surface area (Å²) in [6.07, 6.45) is 1.08. The minimum atomic E-state index is 0.383. The number of hydrogen-bond acceptors (Lipinski definition) is 3. The zero-order chi connectivity index (χ0) is 13.9. The normalized spacial score (nSPS) is 22.9. The van der Waals surface area contributed by atoms with Gasteiger partial charge in [0, 0.05) is 23.6 Å². The highest BCUT2D eigenvalue weighted by Gasteiger charge is 2.28. The molecule has 20 heavy (non-hydrogen) atoms. The Morgan fingerprint density at radius 1 is 1.35 bits per heavy atom. The Labute approximate surface area is 124 Å². The van der Waals surface area contributed by atoms with E-state index in [1.807, 2.05) is 6.07 Å². The average molecular weight is 287 g/mol. The maximum atomic E-state index is 5.82. The number of fused-ring (bicyclic) bond motifs is 1. The first-order valence-corrected chi connectivity index (χ1v) is 8.17. The van der Waals surface area contributed by atoms with Gasteiger partial charge in [0.2, 0.25) is 0 Å². The second-order valence-corrected chi connectivity index (χ2v) is 6.49. The van der Waals surface area contributed by atoms with Crippen molar-refractivity contribution >= 4 is 11.3 Å². The Kier molecular flexibility index (Phi) is 4.08. The summed E-state index contributed by atoms with van der Waals surface area (Å²) in [5.41, 5.74) is 2.71. The first-order chi connectivity index (χ1) is 9.74. The number of thiophene rings is 1. The fourth-order valence-electron chi connectivity index (χ4n) is 2.87. The molecule has 0 amide bonds. The van der Waals surface area contributed by atoms with E-state index in [1.165, 1.54) is 11.1 Å². The molecule has 1 aliphatic heterocycles. The molecule has 0 fully saturated rings. The van der Waals surface area contributed by atoms with Crippen molar-refractivity contribution in [3.8, 4) is 5.75 Å². The minimum absolute atomic E-state index is 0.383. The summed E-state index contributed by atoms with van der Waals surface area (Å²) in [6, 6.07) is 11.4. The van der Waals surface area contributed by atoms with E-state index < -0.39 is 0 Å². The number of benzene rings is 1. The van der Waals surface area contributed by atoms with Crippen LogP contribution in [-0.2, 0) is 6.42 Å². The molecule has 3 unspecified atom stereocenters. The van der Waals surface area contributed by atoms with Crippen molar-refractivity contribution in [1.29, 1.82) is 0 Å². The molecule has 1 aromatic heterocycles. The van der Waals surface area contributed by atoms with E-state index in [1.54, 1.807) is 11.3 Å². The third kappa shape index (κ3) is 2.89. The molecule has 3 atom stereocenters. The number of ether oxygens (including phenoxy) is 1. The van der Waals surface area contributed by atoms with Crippen molar-refractivity contribution in [2.24, 2.45) is 5.92 Å². The standard InChI is InChI=1S/C17H21NOS/c1-12-10-19-16-6-4-3-5-15(16)17(12)18-13(2)9-14-7-8-20-11-14/h3-8,11-13,17-18H,9-10H2,1-2H3. The molecule has 2 nitrogen and oxygen atoms in total. The van der Waals surface area contributed by atoms with Gasteiger partial charge in [0.25, 0.3) is 0 Å². The number of hydrogen-bond donors (Lipinski definition) is 1. The zero-order valence-electron chi connectivity index (χ0n) is 12.0. The Hall–Kier alpha value is -1.32. The summed E-state index contributed by atoms with van der Waals surface area (Å²) in [5.74, 6) is 1.53. The lowest BCUT2D eigenvalue weighted by molar-refractivity contribution is 0.181. The predicted octanol–water partition coefficient (Wildman–Crippen LogP) is 4.04. The maximum absolute atomic E-state index is 5.82. The Balaban J connectivity index is 1.73. The fourth-order valence-corrected chi connectivity index (χ4v) is 3.56.